The van der Waals surface area contributed by atoms with Crippen molar-refractivity contribution in [3.63, 3.8) is 0 Å². The summed E-state index contributed by atoms with van der Waals surface area (Å²) in [5.41, 5.74) is 1.51. The Morgan fingerprint density at radius 1 is 1.28 bits per heavy atom. The second-order valence-corrected chi connectivity index (χ2v) is 6.00. The molecule has 0 saturated carbocycles. The van der Waals surface area contributed by atoms with Crippen LogP contribution in [0.15, 0.2) is 30.5 Å². The molecule has 25 heavy (non-hydrogen) atoms. The summed E-state index contributed by atoms with van der Waals surface area (Å²) in [6.45, 7) is 1.59. The van der Waals surface area contributed by atoms with Crippen molar-refractivity contribution in [2.24, 2.45) is 0 Å². The Balaban J connectivity index is 1.70. The number of anilines is 1. The van der Waals surface area contributed by atoms with Gasteiger partial charge >= 0.3 is 5.82 Å². The van der Waals surface area contributed by atoms with Gasteiger partial charge in [-0.25, -0.2) is 4.39 Å². The number of hydrogen-bond acceptors (Lipinski definition) is 6. The molecule has 1 aromatic carbocycles. The second kappa shape index (κ2) is 6.19. The van der Waals surface area contributed by atoms with Gasteiger partial charge in [-0.2, -0.15) is 0 Å². The SMILES string of the molecule is O=[N+]([O-])c1ccc(N2CCCC2c2cc(F)cc3c2OCCO3)cn1. The minimum atomic E-state index is -0.528. The highest BCUT2D eigenvalue weighted by Gasteiger charge is 2.32. The van der Waals surface area contributed by atoms with Crippen LogP contribution in [0.4, 0.5) is 15.9 Å². The third-order valence-corrected chi connectivity index (χ3v) is 4.50. The first-order valence-corrected chi connectivity index (χ1v) is 8.09. The Labute approximate surface area is 143 Å². The second-order valence-electron chi connectivity index (χ2n) is 6.00. The van der Waals surface area contributed by atoms with Gasteiger partial charge in [0.2, 0.25) is 0 Å². The van der Waals surface area contributed by atoms with Crippen molar-refractivity contribution in [1.82, 2.24) is 4.98 Å². The summed E-state index contributed by atoms with van der Waals surface area (Å²) in [7, 11) is 0. The quantitative estimate of drug-likeness (QED) is 0.628. The molecule has 1 aromatic heterocycles. The number of ether oxygens (including phenoxy) is 2. The van der Waals surface area contributed by atoms with Crippen LogP contribution in [0.2, 0.25) is 0 Å². The van der Waals surface area contributed by atoms with E-state index in [0.29, 0.717) is 24.7 Å². The molecule has 130 valence electrons. The summed E-state index contributed by atoms with van der Waals surface area (Å²) in [6.07, 6.45) is 3.24. The van der Waals surface area contributed by atoms with Gasteiger partial charge in [0.05, 0.1) is 11.7 Å². The van der Waals surface area contributed by atoms with E-state index in [2.05, 4.69) is 9.88 Å². The number of aromatic nitrogens is 1. The standard InChI is InChI=1S/C17H16FN3O4/c18-11-8-13(17-15(9-11)24-6-7-25-17)14-2-1-5-20(14)12-3-4-16(19-10-12)21(22)23/h3-4,8-10,14H,1-2,5-7H2. The van der Waals surface area contributed by atoms with E-state index in [1.165, 1.54) is 24.4 Å². The molecule has 0 amide bonds. The summed E-state index contributed by atoms with van der Waals surface area (Å²) in [5.74, 6) is 0.446. The fourth-order valence-corrected chi connectivity index (χ4v) is 3.45. The van der Waals surface area contributed by atoms with E-state index >= 15 is 0 Å². The summed E-state index contributed by atoms with van der Waals surface area (Å²) in [4.78, 5) is 16.2. The molecular weight excluding hydrogens is 329 g/mol. The average Bonchev–Trinajstić information content (AvgIpc) is 3.10. The number of nitrogens with zero attached hydrogens (tertiary/aromatic N) is 3. The normalized spacial score (nSPS) is 19.1. The zero-order chi connectivity index (χ0) is 17.4. The summed E-state index contributed by atoms with van der Waals surface area (Å²) in [6, 6.07) is 5.78. The molecule has 2 aliphatic rings. The molecule has 7 nitrogen and oxygen atoms in total. The van der Waals surface area contributed by atoms with Gasteiger partial charge in [0.15, 0.2) is 17.7 Å². The zero-order valence-corrected chi connectivity index (χ0v) is 13.4. The molecule has 1 saturated heterocycles. The average molecular weight is 345 g/mol. The molecule has 0 aliphatic carbocycles. The van der Waals surface area contributed by atoms with Crippen LogP contribution in [0.1, 0.15) is 24.4 Å². The highest BCUT2D eigenvalue weighted by Crippen LogP contribution is 2.44. The van der Waals surface area contributed by atoms with Crippen LogP contribution in [0.5, 0.6) is 11.5 Å². The molecule has 0 spiro atoms. The third kappa shape index (κ3) is 2.84. The lowest BCUT2D eigenvalue weighted by Crippen LogP contribution is -2.25. The lowest BCUT2D eigenvalue weighted by Gasteiger charge is -2.29. The van der Waals surface area contributed by atoms with Crippen molar-refractivity contribution in [1.29, 1.82) is 0 Å². The van der Waals surface area contributed by atoms with Gasteiger partial charge in [-0.3, -0.25) is 0 Å². The minimum absolute atomic E-state index is 0.0885. The van der Waals surface area contributed by atoms with Gasteiger partial charge in [0.1, 0.15) is 19.0 Å². The predicted octanol–water partition coefficient (Wildman–Crippen LogP) is 3.24. The minimum Gasteiger partial charge on any atom is -0.486 e. The first-order chi connectivity index (χ1) is 12.1. The van der Waals surface area contributed by atoms with Gasteiger partial charge in [-0.1, -0.05) is 0 Å². The lowest BCUT2D eigenvalue weighted by molar-refractivity contribution is -0.389. The van der Waals surface area contributed by atoms with Crippen LogP contribution < -0.4 is 14.4 Å². The highest BCUT2D eigenvalue weighted by molar-refractivity contribution is 5.55. The van der Waals surface area contributed by atoms with Crippen molar-refractivity contribution in [3.05, 3.63) is 52.0 Å². The zero-order valence-electron chi connectivity index (χ0n) is 13.4. The maximum atomic E-state index is 14.0. The number of rotatable bonds is 3. The Morgan fingerprint density at radius 2 is 2.12 bits per heavy atom. The van der Waals surface area contributed by atoms with Crippen LogP contribution in [-0.4, -0.2) is 29.7 Å². The molecule has 3 heterocycles. The van der Waals surface area contributed by atoms with Gasteiger partial charge in [0, 0.05) is 24.2 Å². The van der Waals surface area contributed by atoms with E-state index in [1.54, 1.807) is 6.07 Å². The van der Waals surface area contributed by atoms with E-state index in [4.69, 9.17) is 9.47 Å². The number of hydrogen-bond donors (Lipinski definition) is 0. The van der Waals surface area contributed by atoms with Crippen LogP contribution in [-0.2, 0) is 0 Å². The molecule has 0 bridgehead atoms. The van der Waals surface area contributed by atoms with Crippen molar-refractivity contribution in [2.45, 2.75) is 18.9 Å². The molecule has 1 unspecified atom stereocenters. The van der Waals surface area contributed by atoms with Crippen molar-refractivity contribution < 1.29 is 18.8 Å². The lowest BCUT2D eigenvalue weighted by atomic mass is 10.0. The van der Waals surface area contributed by atoms with E-state index in [-0.39, 0.29) is 17.7 Å². The number of nitro groups is 1. The van der Waals surface area contributed by atoms with Gasteiger partial charge in [-0.05, 0) is 34.9 Å². The first-order valence-electron chi connectivity index (χ1n) is 8.09. The first kappa shape index (κ1) is 15.6. The van der Waals surface area contributed by atoms with E-state index in [0.717, 1.165) is 30.6 Å². The molecule has 0 N–H and O–H groups in total. The monoisotopic (exact) mass is 345 g/mol. The van der Waals surface area contributed by atoms with Gasteiger partial charge in [-0.15, -0.1) is 0 Å². The summed E-state index contributed by atoms with van der Waals surface area (Å²) < 4.78 is 25.3. The van der Waals surface area contributed by atoms with Crippen LogP contribution in [0, 0.1) is 15.9 Å². The summed E-state index contributed by atoms with van der Waals surface area (Å²) >= 11 is 0. The van der Waals surface area contributed by atoms with Crippen molar-refractivity contribution in [3.8, 4) is 11.5 Å². The maximum Gasteiger partial charge on any atom is 0.363 e. The molecular formula is C17H16FN3O4. The number of pyridine rings is 1. The molecule has 1 fully saturated rings. The molecule has 0 radical (unpaired) electrons. The fourth-order valence-electron chi connectivity index (χ4n) is 3.45. The summed E-state index contributed by atoms with van der Waals surface area (Å²) in [5, 5.41) is 10.8. The Morgan fingerprint density at radius 3 is 2.88 bits per heavy atom. The van der Waals surface area contributed by atoms with Crippen LogP contribution >= 0.6 is 0 Å². The number of halogens is 1. The van der Waals surface area contributed by atoms with Crippen molar-refractivity contribution >= 4 is 11.5 Å². The molecule has 4 rings (SSSR count). The van der Waals surface area contributed by atoms with Gasteiger partial charge in [0.25, 0.3) is 0 Å². The Bertz CT molecular complexity index is 812. The fraction of sp³-hybridized carbons (Fsp3) is 0.353. The van der Waals surface area contributed by atoms with E-state index in [1.807, 2.05) is 0 Å². The van der Waals surface area contributed by atoms with Crippen LogP contribution in [0.3, 0.4) is 0 Å². The Kier molecular flexibility index (Phi) is 3.87. The molecule has 8 heteroatoms. The molecule has 2 aliphatic heterocycles. The van der Waals surface area contributed by atoms with Gasteiger partial charge < -0.3 is 24.5 Å². The van der Waals surface area contributed by atoms with Crippen LogP contribution in [0.25, 0.3) is 0 Å². The predicted molar refractivity (Wildman–Crippen MR) is 87.6 cm³/mol. The smallest absolute Gasteiger partial charge is 0.363 e. The molecule has 1 atom stereocenters. The number of benzene rings is 1. The highest BCUT2D eigenvalue weighted by atomic mass is 19.1. The largest absolute Gasteiger partial charge is 0.486 e. The van der Waals surface area contributed by atoms with E-state index in [9.17, 15) is 14.5 Å². The van der Waals surface area contributed by atoms with Crippen molar-refractivity contribution in [2.75, 3.05) is 24.7 Å². The molecule has 2 aromatic rings. The van der Waals surface area contributed by atoms with E-state index < -0.39 is 4.92 Å². The third-order valence-electron chi connectivity index (χ3n) is 4.50. The number of fused-ring (bicyclic) bond motifs is 1. The topological polar surface area (TPSA) is 77.7 Å². The Hall–Kier alpha value is -2.90. The maximum absolute atomic E-state index is 14.0.